The Balaban J connectivity index is 1.84. The number of hydrogen-bond donors (Lipinski definition) is 2. The van der Waals surface area contributed by atoms with E-state index >= 15 is 0 Å². The summed E-state index contributed by atoms with van der Waals surface area (Å²) in [6.45, 7) is 6.83. The van der Waals surface area contributed by atoms with Crippen LogP contribution < -0.4 is 15.6 Å². The van der Waals surface area contributed by atoms with Crippen molar-refractivity contribution in [3.05, 3.63) is 76.1 Å². The number of ether oxygens (including phenoxy) is 1. The monoisotopic (exact) mass is 364 g/mol. The van der Waals surface area contributed by atoms with E-state index < -0.39 is 0 Å². The van der Waals surface area contributed by atoms with Gasteiger partial charge in [0.2, 0.25) is 5.56 Å². The van der Waals surface area contributed by atoms with Crippen LogP contribution in [-0.2, 0) is 6.61 Å². The molecule has 1 unspecified atom stereocenters. The SMILES string of the molecule is CCCCNCC(C)c1ccc(OCc2ccccc2)c2[nH]c(=O)ccc12. The molecule has 2 N–H and O–H groups in total. The van der Waals surface area contributed by atoms with E-state index in [1.165, 1.54) is 18.4 Å². The Morgan fingerprint density at radius 2 is 1.89 bits per heavy atom. The summed E-state index contributed by atoms with van der Waals surface area (Å²) in [6, 6.07) is 17.6. The lowest BCUT2D eigenvalue weighted by atomic mass is 9.96. The van der Waals surface area contributed by atoms with Gasteiger partial charge >= 0.3 is 0 Å². The molecule has 3 rings (SSSR count). The van der Waals surface area contributed by atoms with E-state index in [2.05, 4.69) is 30.2 Å². The second-order valence-corrected chi connectivity index (χ2v) is 7.00. The maximum atomic E-state index is 11.9. The fourth-order valence-corrected chi connectivity index (χ4v) is 3.26. The molecule has 0 aliphatic heterocycles. The second kappa shape index (κ2) is 9.38. The molecule has 0 saturated carbocycles. The summed E-state index contributed by atoms with van der Waals surface area (Å²) in [7, 11) is 0. The Labute approximate surface area is 160 Å². The van der Waals surface area contributed by atoms with Crippen LogP contribution in [0.1, 0.15) is 43.7 Å². The minimum atomic E-state index is -0.113. The van der Waals surface area contributed by atoms with Crippen molar-refractivity contribution in [3.8, 4) is 5.75 Å². The summed E-state index contributed by atoms with van der Waals surface area (Å²) in [6.07, 6.45) is 2.38. The average molecular weight is 364 g/mol. The number of fused-ring (bicyclic) bond motifs is 1. The van der Waals surface area contributed by atoms with E-state index in [1.807, 2.05) is 42.5 Å². The van der Waals surface area contributed by atoms with Crippen LogP contribution in [0.4, 0.5) is 0 Å². The van der Waals surface area contributed by atoms with E-state index in [1.54, 1.807) is 6.07 Å². The van der Waals surface area contributed by atoms with Gasteiger partial charge in [-0.05, 0) is 42.1 Å². The number of hydrogen-bond acceptors (Lipinski definition) is 3. The summed E-state index contributed by atoms with van der Waals surface area (Å²) < 4.78 is 6.02. The lowest BCUT2D eigenvalue weighted by molar-refractivity contribution is 0.309. The van der Waals surface area contributed by atoms with Crippen molar-refractivity contribution in [1.29, 1.82) is 0 Å². The number of benzene rings is 2. The van der Waals surface area contributed by atoms with Crippen molar-refractivity contribution in [2.45, 2.75) is 39.2 Å². The molecule has 1 heterocycles. The first-order valence-electron chi connectivity index (χ1n) is 9.72. The van der Waals surface area contributed by atoms with Gasteiger partial charge in [0.25, 0.3) is 0 Å². The summed E-state index contributed by atoms with van der Waals surface area (Å²) >= 11 is 0. The average Bonchev–Trinajstić information content (AvgIpc) is 2.70. The van der Waals surface area contributed by atoms with Crippen molar-refractivity contribution in [1.82, 2.24) is 10.3 Å². The van der Waals surface area contributed by atoms with Gasteiger partial charge in [-0.1, -0.05) is 56.7 Å². The summed E-state index contributed by atoms with van der Waals surface area (Å²) in [5.41, 5.74) is 2.98. The fourth-order valence-electron chi connectivity index (χ4n) is 3.26. The number of unbranched alkanes of at least 4 members (excludes halogenated alkanes) is 1. The highest BCUT2D eigenvalue weighted by Gasteiger charge is 2.13. The summed E-state index contributed by atoms with van der Waals surface area (Å²) in [4.78, 5) is 14.9. The third kappa shape index (κ3) is 4.98. The maximum absolute atomic E-state index is 11.9. The Morgan fingerprint density at radius 1 is 1.07 bits per heavy atom. The van der Waals surface area contributed by atoms with Crippen LogP contribution in [0.25, 0.3) is 10.9 Å². The van der Waals surface area contributed by atoms with Crippen LogP contribution in [0.5, 0.6) is 5.75 Å². The lowest BCUT2D eigenvalue weighted by Gasteiger charge is -2.17. The van der Waals surface area contributed by atoms with Gasteiger partial charge in [-0.2, -0.15) is 0 Å². The fraction of sp³-hybridized carbons (Fsp3) is 0.348. The van der Waals surface area contributed by atoms with Gasteiger partial charge in [0.1, 0.15) is 12.4 Å². The molecule has 0 fully saturated rings. The molecule has 0 aliphatic rings. The molecule has 1 atom stereocenters. The first kappa shape index (κ1) is 19.2. The number of rotatable bonds is 9. The molecular formula is C23H28N2O2. The van der Waals surface area contributed by atoms with Crippen molar-refractivity contribution < 1.29 is 4.74 Å². The molecule has 4 heteroatoms. The minimum absolute atomic E-state index is 0.113. The highest BCUT2D eigenvalue weighted by molar-refractivity contribution is 5.87. The van der Waals surface area contributed by atoms with Gasteiger partial charge in [-0.3, -0.25) is 4.79 Å². The number of aromatic nitrogens is 1. The predicted molar refractivity (Wildman–Crippen MR) is 112 cm³/mol. The van der Waals surface area contributed by atoms with Crippen molar-refractivity contribution >= 4 is 10.9 Å². The Hall–Kier alpha value is -2.59. The number of nitrogens with one attached hydrogen (secondary N) is 2. The van der Waals surface area contributed by atoms with Crippen molar-refractivity contribution in [3.63, 3.8) is 0 Å². The van der Waals surface area contributed by atoms with Crippen molar-refractivity contribution in [2.24, 2.45) is 0 Å². The number of pyridine rings is 1. The van der Waals surface area contributed by atoms with Crippen LogP contribution in [0, 0.1) is 0 Å². The first-order chi connectivity index (χ1) is 13.2. The molecule has 0 radical (unpaired) electrons. The second-order valence-electron chi connectivity index (χ2n) is 7.00. The number of aromatic amines is 1. The maximum Gasteiger partial charge on any atom is 0.248 e. The lowest BCUT2D eigenvalue weighted by Crippen LogP contribution is -2.21. The third-order valence-corrected chi connectivity index (χ3v) is 4.82. The predicted octanol–water partition coefficient (Wildman–Crippen LogP) is 4.60. The first-order valence-corrected chi connectivity index (χ1v) is 9.72. The molecule has 0 bridgehead atoms. The van der Waals surface area contributed by atoms with E-state index in [0.29, 0.717) is 18.3 Å². The Kier molecular flexibility index (Phi) is 6.66. The topological polar surface area (TPSA) is 54.1 Å². The Bertz CT molecular complexity index is 919. The van der Waals surface area contributed by atoms with Gasteiger partial charge in [0.15, 0.2) is 0 Å². The zero-order valence-corrected chi connectivity index (χ0v) is 16.1. The van der Waals surface area contributed by atoms with Gasteiger partial charge in [-0.15, -0.1) is 0 Å². The highest BCUT2D eigenvalue weighted by Crippen LogP contribution is 2.30. The quantitative estimate of drug-likeness (QED) is 0.546. The molecule has 2 aromatic carbocycles. The normalized spacial score (nSPS) is 12.2. The van der Waals surface area contributed by atoms with Gasteiger partial charge < -0.3 is 15.0 Å². The number of H-pyrrole nitrogens is 1. The van der Waals surface area contributed by atoms with E-state index in [-0.39, 0.29) is 5.56 Å². The summed E-state index contributed by atoms with van der Waals surface area (Å²) in [5, 5.41) is 4.56. The zero-order chi connectivity index (χ0) is 19.1. The van der Waals surface area contributed by atoms with Crippen molar-refractivity contribution in [2.75, 3.05) is 13.1 Å². The minimum Gasteiger partial charge on any atom is -0.487 e. The van der Waals surface area contributed by atoms with Crippen LogP contribution in [0.2, 0.25) is 0 Å². The molecule has 4 nitrogen and oxygen atoms in total. The van der Waals surface area contributed by atoms with Crippen LogP contribution >= 0.6 is 0 Å². The smallest absolute Gasteiger partial charge is 0.248 e. The van der Waals surface area contributed by atoms with Crippen LogP contribution in [0.15, 0.2) is 59.4 Å². The van der Waals surface area contributed by atoms with E-state index in [4.69, 9.17) is 4.74 Å². The molecule has 142 valence electrons. The molecule has 0 aliphatic carbocycles. The van der Waals surface area contributed by atoms with Crippen LogP contribution in [-0.4, -0.2) is 18.1 Å². The molecule has 27 heavy (non-hydrogen) atoms. The molecule has 0 amide bonds. The molecule has 3 aromatic rings. The van der Waals surface area contributed by atoms with E-state index in [0.717, 1.165) is 29.6 Å². The van der Waals surface area contributed by atoms with Gasteiger partial charge in [-0.25, -0.2) is 0 Å². The third-order valence-electron chi connectivity index (χ3n) is 4.82. The summed E-state index contributed by atoms with van der Waals surface area (Å²) in [5.74, 6) is 1.06. The highest BCUT2D eigenvalue weighted by atomic mass is 16.5. The van der Waals surface area contributed by atoms with Crippen LogP contribution in [0.3, 0.4) is 0 Å². The largest absolute Gasteiger partial charge is 0.487 e. The van der Waals surface area contributed by atoms with E-state index in [9.17, 15) is 4.79 Å². The molecule has 0 saturated heterocycles. The molecule has 0 spiro atoms. The standard InChI is InChI=1S/C23H28N2O2/c1-3-4-14-24-15-17(2)19-10-12-21(23-20(19)11-13-22(26)25-23)27-16-18-8-6-5-7-9-18/h5-13,17,24H,3-4,14-16H2,1-2H3,(H,25,26). The van der Waals surface area contributed by atoms with Gasteiger partial charge in [0.05, 0.1) is 5.52 Å². The van der Waals surface area contributed by atoms with Gasteiger partial charge in [0, 0.05) is 18.0 Å². The molecular weight excluding hydrogens is 336 g/mol. The molecule has 1 aromatic heterocycles. The zero-order valence-electron chi connectivity index (χ0n) is 16.1. The Morgan fingerprint density at radius 3 is 2.67 bits per heavy atom.